The quantitative estimate of drug-likeness (QED) is 0.749. The van der Waals surface area contributed by atoms with Crippen LogP contribution >= 0.6 is 0 Å². The van der Waals surface area contributed by atoms with E-state index in [-0.39, 0.29) is 5.91 Å². The van der Waals surface area contributed by atoms with Crippen LogP contribution in [-0.4, -0.2) is 17.5 Å². The molecule has 1 aliphatic carbocycles. The van der Waals surface area contributed by atoms with E-state index in [9.17, 15) is 4.79 Å². The van der Waals surface area contributed by atoms with Crippen LogP contribution in [-0.2, 0) is 4.79 Å². The van der Waals surface area contributed by atoms with E-state index in [0.717, 1.165) is 12.8 Å². The Kier molecular flexibility index (Phi) is 3.44. The molecule has 3 heteroatoms. The lowest BCUT2D eigenvalue weighted by molar-refractivity contribution is -0.123. The van der Waals surface area contributed by atoms with Crippen molar-refractivity contribution in [2.24, 2.45) is 11.1 Å². The number of carbonyl (C=O) groups excluding carboxylic acids is 1. The second-order valence-electron chi connectivity index (χ2n) is 6.07. The van der Waals surface area contributed by atoms with Crippen LogP contribution in [0.25, 0.3) is 0 Å². The summed E-state index contributed by atoms with van der Waals surface area (Å²) in [5.74, 6) is -0.271. The van der Waals surface area contributed by atoms with Gasteiger partial charge in [0.1, 0.15) is 0 Å². The molecule has 0 saturated heterocycles. The van der Waals surface area contributed by atoms with Crippen molar-refractivity contribution in [3.05, 3.63) is 0 Å². The minimum absolute atomic E-state index is 0.271. The first kappa shape index (κ1) is 12.5. The highest BCUT2D eigenvalue weighted by molar-refractivity contribution is 5.83. The predicted octanol–water partition coefficient (Wildman–Crippen LogP) is 1.81. The van der Waals surface area contributed by atoms with Gasteiger partial charge in [0.25, 0.3) is 0 Å². The van der Waals surface area contributed by atoms with Crippen molar-refractivity contribution < 1.29 is 4.79 Å². The lowest BCUT2D eigenvalue weighted by atomic mass is 9.75. The van der Waals surface area contributed by atoms with Gasteiger partial charge >= 0.3 is 0 Å². The zero-order chi connectivity index (χ0) is 11.7. The summed E-state index contributed by atoms with van der Waals surface area (Å²) in [5.41, 5.74) is 5.23. The topological polar surface area (TPSA) is 55.1 Å². The zero-order valence-corrected chi connectivity index (χ0v) is 10.4. The van der Waals surface area contributed by atoms with Crippen molar-refractivity contribution in [1.82, 2.24) is 5.32 Å². The molecule has 0 aromatic rings. The van der Waals surface area contributed by atoms with Gasteiger partial charge in [-0.25, -0.2) is 0 Å². The Labute approximate surface area is 92.8 Å². The fraction of sp³-hybridized carbons (Fsp3) is 0.917. The molecule has 88 valence electrons. The normalized spacial score (nSPS) is 22.7. The SMILES string of the molecule is CC1(C)CCC(NC(C)(C)C(N)=O)CC1. The molecule has 0 bridgehead atoms. The minimum Gasteiger partial charge on any atom is -0.368 e. The fourth-order valence-corrected chi connectivity index (χ4v) is 2.13. The molecule has 0 unspecified atom stereocenters. The summed E-state index contributed by atoms with van der Waals surface area (Å²) in [4.78, 5) is 11.2. The third-order valence-electron chi connectivity index (χ3n) is 3.52. The van der Waals surface area contributed by atoms with Crippen LogP contribution in [0.4, 0.5) is 0 Å². The van der Waals surface area contributed by atoms with Crippen molar-refractivity contribution in [1.29, 1.82) is 0 Å². The Morgan fingerprint density at radius 1 is 1.33 bits per heavy atom. The Balaban J connectivity index is 2.46. The molecule has 1 fully saturated rings. The summed E-state index contributed by atoms with van der Waals surface area (Å²) >= 11 is 0. The molecule has 0 atom stereocenters. The average molecular weight is 212 g/mol. The maximum atomic E-state index is 11.2. The molecular weight excluding hydrogens is 188 g/mol. The molecular formula is C12H24N2O. The predicted molar refractivity (Wildman–Crippen MR) is 62.4 cm³/mol. The van der Waals surface area contributed by atoms with Crippen LogP contribution in [0.1, 0.15) is 53.4 Å². The third kappa shape index (κ3) is 3.49. The summed E-state index contributed by atoms with van der Waals surface area (Å²) in [5, 5.41) is 3.36. The van der Waals surface area contributed by atoms with Gasteiger partial charge in [0.15, 0.2) is 0 Å². The van der Waals surface area contributed by atoms with Crippen LogP contribution in [0, 0.1) is 5.41 Å². The molecule has 1 saturated carbocycles. The molecule has 3 nitrogen and oxygen atoms in total. The maximum Gasteiger partial charge on any atom is 0.237 e. The molecule has 0 spiro atoms. The number of rotatable bonds is 3. The minimum atomic E-state index is -0.577. The van der Waals surface area contributed by atoms with Crippen molar-refractivity contribution in [3.8, 4) is 0 Å². The fourth-order valence-electron chi connectivity index (χ4n) is 2.13. The summed E-state index contributed by atoms with van der Waals surface area (Å²) in [6, 6.07) is 0.445. The molecule has 0 aromatic heterocycles. The van der Waals surface area contributed by atoms with Gasteiger partial charge in [-0.15, -0.1) is 0 Å². The molecule has 1 aliphatic rings. The van der Waals surface area contributed by atoms with Gasteiger partial charge in [-0.3, -0.25) is 4.79 Å². The van der Waals surface area contributed by atoms with Crippen molar-refractivity contribution >= 4 is 5.91 Å². The Morgan fingerprint density at radius 2 is 1.80 bits per heavy atom. The molecule has 0 heterocycles. The Hall–Kier alpha value is -0.570. The van der Waals surface area contributed by atoms with E-state index in [2.05, 4.69) is 19.2 Å². The van der Waals surface area contributed by atoms with Crippen LogP contribution in [0.3, 0.4) is 0 Å². The van der Waals surface area contributed by atoms with Crippen molar-refractivity contribution in [2.75, 3.05) is 0 Å². The number of nitrogens with one attached hydrogen (secondary N) is 1. The first-order valence-electron chi connectivity index (χ1n) is 5.81. The van der Waals surface area contributed by atoms with E-state index in [4.69, 9.17) is 5.73 Å². The summed E-state index contributed by atoms with van der Waals surface area (Å²) in [7, 11) is 0. The largest absolute Gasteiger partial charge is 0.368 e. The number of hydrogen-bond donors (Lipinski definition) is 2. The first-order valence-corrected chi connectivity index (χ1v) is 5.81. The highest BCUT2D eigenvalue weighted by atomic mass is 16.1. The van der Waals surface area contributed by atoms with Gasteiger partial charge in [-0.1, -0.05) is 13.8 Å². The van der Waals surface area contributed by atoms with Gasteiger partial charge < -0.3 is 11.1 Å². The molecule has 0 aliphatic heterocycles. The number of nitrogens with two attached hydrogens (primary N) is 1. The van der Waals surface area contributed by atoms with Gasteiger partial charge in [0.05, 0.1) is 5.54 Å². The second-order valence-corrected chi connectivity index (χ2v) is 6.07. The number of amides is 1. The Morgan fingerprint density at radius 3 is 2.20 bits per heavy atom. The summed E-state index contributed by atoms with van der Waals surface area (Å²) in [6.45, 7) is 8.33. The van der Waals surface area contributed by atoms with Gasteiger partial charge in [-0.05, 0) is 44.9 Å². The number of carbonyl (C=O) groups is 1. The van der Waals surface area contributed by atoms with Crippen LogP contribution in [0.5, 0.6) is 0 Å². The molecule has 1 rings (SSSR count). The maximum absolute atomic E-state index is 11.2. The lowest BCUT2D eigenvalue weighted by Crippen LogP contribution is -2.55. The summed E-state index contributed by atoms with van der Waals surface area (Å²) in [6.07, 6.45) is 4.73. The molecule has 0 radical (unpaired) electrons. The average Bonchev–Trinajstić information content (AvgIpc) is 2.08. The lowest BCUT2D eigenvalue weighted by Gasteiger charge is -2.38. The van der Waals surface area contributed by atoms with Crippen molar-refractivity contribution in [3.63, 3.8) is 0 Å². The van der Waals surface area contributed by atoms with Crippen LogP contribution in [0.2, 0.25) is 0 Å². The van der Waals surface area contributed by atoms with Crippen LogP contribution in [0.15, 0.2) is 0 Å². The number of primary amides is 1. The molecule has 15 heavy (non-hydrogen) atoms. The standard InChI is InChI=1S/C12H24N2O/c1-11(2)7-5-9(6-8-11)14-12(3,4)10(13)15/h9,14H,5-8H2,1-4H3,(H2,13,15). The molecule has 1 amide bonds. The molecule has 0 aromatic carbocycles. The highest BCUT2D eigenvalue weighted by Gasteiger charge is 2.32. The van der Waals surface area contributed by atoms with E-state index in [1.54, 1.807) is 0 Å². The van der Waals surface area contributed by atoms with E-state index in [1.165, 1.54) is 12.8 Å². The van der Waals surface area contributed by atoms with E-state index in [1.807, 2.05) is 13.8 Å². The van der Waals surface area contributed by atoms with Gasteiger partial charge in [0, 0.05) is 6.04 Å². The smallest absolute Gasteiger partial charge is 0.237 e. The molecule has 3 N–H and O–H groups in total. The number of hydrogen-bond acceptors (Lipinski definition) is 2. The van der Waals surface area contributed by atoms with E-state index >= 15 is 0 Å². The van der Waals surface area contributed by atoms with Gasteiger partial charge in [-0.2, -0.15) is 0 Å². The third-order valence-corrected chi connectivity index (χ3v) is 3.52. The van der Waals surface area contributed by atoms with E-state index < -0.39 is 5.54 Å². The van der Waals surface area contributed by atoms with Crippen molar-refractivity contribution in [2.45, 2.75) is 65.0 Å². The summed E-state index contributed by atoms with van der Waals surface area (Å²) < 4.78 is 0. The van der Waals surface area contributed by atoms with Crippen LogP contribution < -0.4 is 11.1 Å². The highest BCUT2D eigenvalue weighted by Crippen LogP contribution is 2.35. The first-order chi connectivity index (χ1) is 6.73. The second kappa shape index (κ2) is 4.12. The zero-order valence-electron chi connectivity index (χ0n) is 10.4. The van der Waals surface area contributed by atoms with E-state index in [0.29, 0.717) is 11.5 Å². The monoisotopic (exact) mass is 212 g/mol. The Bertz CT molecular complexity index is 236. The van der Waals surface area contributed by atoms with Gasteiger partial charge in [0.2, 0.25) is 5.91 Å².